The van der Waals surface area contributed by atoms with Crippen molar-refractivity contribution in [3.63, 3.8) is 0 Å². The van der Waals surface area contributed by atoms with Gasteiger partial charge in [-0.25, -0.2) is 17.5 Å². The molecule has 0 radical (unpaired) electrons. The molecule has 0 aliphatic rings. The molecule has 3 aromatic carbocycles. The van der Waals surface area contributed by atoms with Crippen LogP contribution in [-0.4, -0.2) is 20.9 Å². The molecular formula is C20H19FN2O3S. The fraction of sp³-hybridized carbons (Fsp3) is 0.150. The fourth-order valence-corrected chi connectivity index (χ4v) is 3.68. The Bertz CT molecular complexity index is 1100. The number of sulfonamides is 1. The van der Waals surface area contributed by atoms with Crippen LogP contribution < -0.4 is 10.0 Å². The lowest BCUT2D eigenvalue weighted by Gasteiger charge is -2.09. The number of nitrogens with one attached hydrogen (secondary N) is 2. The maximum absolute atomic E-state index is 13.5. The quantitative estimate of drug-likeness (QED) is 0.680. The van der Waals surface area contributed by atoms with E-state index >= 15 is 0 Å². The molecule has 0 atom stereocenters. The predicted octanol–water partition coefficient (Wildman–Crippen LogP) is 3.59. The number of fused-ring (bicyclic) bond motifs is 1. The fourth-order valence-electron chi connectivity index (χ4n) is 2.61. The first-order valence-electron chi connectivity index (χ1n) is 8.40. The van der Waals surface area contributed by atoms with Crippen molar-refractivity contribution in [1.82, 2.24) is 4.72 Å². The minimum atomic E-state index is -3.72. The van der Waals surface area contributed by atoms with Gasteiger partial charge in [0, 0.05) is 18.7 Å². The first-order valence-corrected chi connectivity index (χ1v) is 9.88. The van der Waals surface area contributed by atoms with E-state index in [1.165, 1.54) is 12.1 Å². The van der Waals surface area contributed by atoms with E-state index in [1.807, 2.05) is 24.3 Å². The van der Waals surface area contributed by atoms with Crippen LogP contribution in [0.25, 0.3) is 10.8 Å². The Kier molecular flexibility index (Phi) is 5.53. The molecule has 1 amide bonds. The van der Waals surface area contributed by atoms with Gasteiger partial charge in [0.15, 0.2) is 0 Å². The van der Waals surface area contributed by atoms with Gasteiger partial charge in [0.25, 0.3) is 0 Å². The standard InChI is InChI=1S/C20H19FN2O3S/c1-14-6-8-17(13-19(14)21)23-20(24)10-11-22-27(25,26)18-9-7-15-4-2-3-5-16(15)12-18/h2-9,12-13,22H,10-11H2,1H3,(H,23,24). The third-order valence-electron chi connectivity index (χ3n) is 4.13. The van der Waals surface area contributed by atoms with Gasteiger partial charge in [-0.3, -0.25) is 4.79 Å². The molecule has 0 spiro atoms. The number of anilines is 1. The van der Waals surface area contributed by atoms with Crippen LogP contribution in [0.15, 0.2) is 65.6 Å². The van der Waals surface area contributed by atoms with Gasteiger partial charge in [-0.1, -0.05) is 36.4 Å². The minimum absolute atomic E-state index is 0.0602. The van der Waals surface area contributed by atoms with E-state index in [4.69, 9.17) is 0 Å². The van der Waals surface area contributed by atoms with E-state index in [9.17, 15) is 17.6 Å². The number of halogens is 1. The van der Waals surface area contributed by atoms with Gasteiger partial charge in [-0.15, -0.1) is 0 Å². The van der Waals surface area contributed by atoms with Crippen LogP contribution in [-0.2, 0) is 14.8 Å². The van der Waals surface area contributed by atoms with Crippen LogP contribution in [0.2, 0.25) is 0 Å². The highest BCUT2D eigenvalue weighted by Gasteiger charge is 2.15. The number of benzene rings is 3. The van der Waals surface area contributed by atoms with Gasteiger partial charge in [0.1, 0.15) is 5.82 Å². The molecule has 0 fully saturated rings. The lowest BCUT2D eigenvalue weighted by Crippen LogP contribution is -2.27. The Morgan fingerprint density at radius 2 is 1.74 bits per heavy atom. The maximum Gasteiger partial charge on any atom is 0.240 e. The molecule has 0 saturated heterocycles. The zero-order chi connectivity index (χ0) is 19.4. The molecule has 140 valence electrons. The van der Waals surface area contributed by atoms with E-state index in [0.29, 0.717) is 11.3 Å². The molecule has 3 aromatic rings. The van der Waals surface area contributed by atoms with Crippen molar-refractivity contribution in [2.45, 2.75) is 18.2 Å². The van der Waals surface area contributed by atoms with Crippen molar-refractivity contribution in [2.75, 3.05) is 11.9 Å². The summed E-state index contributed by atoms with van der Waals surface area (Å²) in [7, 11) is -3.72. The number of carbonyl (C=O) groups is 1. The van der Waals surface area contributed by atoms with Crippen molar-refractivity contribution >= 4 is 32.4 Å². The molecular weight excluding hydrogens is 367 g/mol. The van der Waals surface area contributed by atoms with Gasteiger partial charge in [0.05, 0.1) is 4.90 Å². The van der Waals surface area contributed by atoms with Crippen molar-refractivity contribution < 1.29 is 17.6 Å². The summed E-state index contributed by atoms with van der Waals surface area (Å²) in [5.41, 5.74) is 0.816. The second kappa shape index (κ2) is 7.85. The van der Waals surface area contributed by atoms with Crippen LogP contribution in [0, 0.1) is 12.7 Å². The summed E-state index contributed by atoms with van der Waals surface area (Å²) in [4.78, 5) is 12.1. The number of aryl methyl sites for hydroxylation is 1. The SMILES string of the molecule is Cc1ccc(NC(=O)CCNS(=O)(=O)c2ccc3ccccc3c2)cc1F. The molecule has 0 aromatic heterocycles. The van der Waals surface area contributed by atoms with Crippen molar-refractivity contribution in [2.24, 2.45) is 0 Å². The van der Waals surface area contributed by atoms with Crippen LogP contribution in [0.1, 0.15) is 12.0 Å². The summed E-state index contributed by atoms with van der Waals surface area (Å²) >= 11 is 0. The minimum Gasteiger partial charge on any atom is -0.326 e. The van der Waals surface area contributed by atoms with Gasteiger partial charge in [-0.05, 0) is 47.5 Å². The largest absolute Gasteiger partial charge is 0.326 e. The number of hydrogen-bond acceptors (Lipinski definition) is 3. The highest BCUT2D eigenvalue weighted by atomic mass is 32.2. The lowest BCUT2D eigenvalue weighted by atomic mass is 10.1. The van der Waals surface area contributed by atoms with Crippen LogP contribution >= 0.6 is 0 Å². The number of hydrogen-bond donors (Lipinski definition) is 2. The second-order valence-electron chi connectivity index (χ2n) is 6.17. The molecule has 3 rings (SSSR count). The third kappa shape index (κ3) is 4.69. The lowest BCUT2D eigenvalue weighted by molar-refractivity contribution is -0.116. The first-order chi connectivity index (χ1) is 12.8. The predicted molar refractivity (Wildman–Crippen MR) is 104 cm³/mol. The average Bonchev–Trinajstić information content (AvgIpc) is 2.64. The molecule has 0 aliphatic carbocycles. The Balaban J connectivity index is 1.59. The van der Waals surface area contributed by atoms with E-state index < -0.39 is 21.7 Å². The van der Waals surface area contributed by atoms with Crippen LogP contribution in [0.5, 0.6) is 0 Å². The summed E-state index contributed by atoms with van der Waals surface area (Å²) in [5, 5.41) is 4.31. The molecule has 7 heteroatoms. The summed E-state index contributed by atoms with van der Waals surface area (Å²) in [6.45, 7) is 1.57. The number of amides is 1. The van der Waals surface area contributed by atoms with E-state index in [0.717, 1.165) is 10.8 Å². The molecule has 2 N–H and O–H groups in total. The smallest absolute Gasteiger partial charge is 0.240 e. The molecule has 27 heavy (non-hydrogen) atoms. The van der Waals surface area contributed by atoms with Crippen molar-refractivity contribution in [1.29, 1.82) is 0 Å². The molecule has 0 heterocycles. The Morgan fingerprint density at radius 3 is 2.48 bits per heavy atom. The summed E-state index contributed by atoms with van der Waals surface area (Å²) in [5.74, 6) is -0.815. The number of carbonyl (C=O) groups excluding carboxylic acids is 1. The van der Waals surface area contributed by atoms with Crippen LogP contribution in [0.3, 0.4) is 0 Å². The molecule has 0 unspecified atom stereocenters. The second-order valence-corrected chi connectivity index (χ2v) is 7.94. The summed E-state index contributed by atoms with van der Waals surface area (Å²) in [6, 6.07) is 16.7. The summed E-state index contributed by atoms with van der Waals surface area (Å²) in [6.07, 6.45) is -0.0672. The van der Waals surface area contributed by atoms with Crippen molar-refractivity contribution in [3.8, 4) is 0 Å². The van der Waals surface area contributed by atoms with E-state index in [-0.39, 0.29) is 17.9 Å². The molecule has 0 bridgehead atoms. The average molecular weight is 386 g/mol. The molecule has 0 saturated carbocycles. The normalized spacial score (nSPS) is 11.5. The van der Waals surface area contributed by atoms with Gasteiger partial charge < -0.3 is 5.32 Å². The topological polar surface area (TPSA) is 75.3 Å². The maximum atomic E-state index is 13.5. The Labute approximate surface area is 157 Å². The highest BCUT2D eigenvalue weighted by Crippen LogP contribution is 2.19. The van der Waals surface area contributed by atoms with E-state index in [2.05, 4.69) is 10.0 Å². The summed E-state index contributed by atoms with van der Waals surface area (Å²) < 4.78 is 40.7. The van der Waals surface area contributed by atoms with Gasteiger partial charge in [0.2, 0.25) is 15.9 Å². The monoisotopic (exact) mass is 386 g/mol. The molecule has 0 aliphatic heterocycles. The molecule has 5 nitrogen and oxygen atoms in total. The van der Waals surface area contributed by atoms with Crippen molar-refractivity contribution in [3.05, 3.63) is 72.0 Å². The van der Waals surface area contributed by atoms with Crippen LogP contribution in [0.4, 0.5) is 10.1 Å². The zero-order valence-corrected chi connectivity index (χ0v) is 15.5. The number of rotatable bonds is 6. The highest BCUT2D eigenvalue weighted by molar-refractivity contribution is 7.89. The zero-order valence-electron chi connectivity index (χ0n) is 14.7. The van der Waals surface area contributed by atoms with E-state index in [1.54, 1.807) is 31.2 Å². The Hall–Kier alpha value is -2.77. The van der Waals surface area contributed by atoms with Gasteiger partial charge in [-0.2, -0.15) is 0 Å². The van der Waals surface area contributed by atoms with Gasteiger partial charge >= 0.3 is 0 Å². The Morgan fingerprint density at radius 1 is 1.00 bits per heavy atom. The first kappa shape index (κ1) is 19.0. The third-order valence-corrected chi connectivity index (χ3v) is 5.59.